The molecule has 5 heteroatoms. The summed E-state index contributed by atoms with van der Waals surface area (Å²) in [6.45, 7) is 2.02. The minimum atomic E-state index is -1.15. The second-order valence-electron chi connectivity index (χ2n) is 2.75. The predicted molar refractivity (Wildman–Crippen MR) is 53.8 cm³/mol. The first-order valence-electron chi connectivity index (χ1n) is 4.61. The van der Waals surface area contributed by atoms with Crippen molar-refractivity contribution in [3.8, 4) is 11.8 Å². The number of furan rings is 1. The van der Waals surface area contributed by atoms with Crippen molar-refractivity contribution in [1.29, 1.82) is 0 Å². The number of ether oxygens (including phenoxy) is 1. The van der Waals surface area contributed by atoms with Crippen molar-refractivity contribution in [2.75, 3.05) is 6.61 Å². The van der Waals surface area contributed by atoms with Gasteiger partial charge in [0.2, 0.25) is 5.76 Å². The van der Waals surface area contributed by atoms with Crippen molar-refractivity contribution in [3.63, 3.8) is 0 Å². The third-order valence-corrected chi connectivity index (χ3v) is 1.57. The average Bonchev–Trinajstić information content (AvgIpc) is 2.67. The van der Waals surface area contributed by atoms with Crippen LogP contribution in [-0.4, -0.2) is 23.7 Å². The van der Waals surface area contributed by atoms with Crippen LogP contribution >= 0.6 is 0 Å². The molecule has 0 saturated carbocycles. The maximum absolute atomic E-state index is 10.9. The Kier molecular flexibility index (Phi) is 4.16. The SMILES string of the molecule is CCOC(=O)CC#Cc1ccc(C(=O)O)o1. The van der Waals surface area contributed by atoms with Gasteiger partial charge in [-0.3, -0.25) is 4.79 Å². The van der Waals surface area contributed by atoms with Gasteiger partial charge in [0.05, 0.1) is 6.61 Å². The van der Waals surface area contributed by atoms with Crippen LogP contribution in [0.1, 0.15) is 29.7 Å². The van der Waals surface area contributed by atoms with Crippen molar-refractivity contribution in [1.82, 2.24) is 0 Å². The molecule has 0 unspecified atom stereocenters. The fourth-order valence-electron chi connectivity index (χ4n) is 0.936. The van der Waals surface area contributed by atoms with Crippen molar-refractivity contribution < 1.29 is 23.8 Å². The van der Waals surface area contributed by atoms with Crippen molar-refractivity contribution in [2.24, 2.45) is 0 Å². The Labute approximate surface area is 92.0 Å². The molecule has 5 nitrogen and oxygen atoms in total. The normalized spacial score (nSPS) is 9.06. The van der Waals surface area contributed by atoms with Gasteiger partial charge in [0.15, 0.2) is 5.76 Å². The molecule has 1 aromatic heterocycles. The second kappa shape index (κ2) is 5.61. The van der Waals surface area contributed by atoms with E-state index >= 15 is 0 Å². The van der Waals surface area contributed by atoms with E-state index in [2.05, 4.69) is 16.6 Å². The summed E-state index contributed by atoms with van der Waals surface area (Å²) in [5.41, 5.74) is 0. The van der Waals surface area contributed by atoms with E-state index in [4.69, 9.17) is 9.52 Å². The number of carbonyl (C=O) groups excluding carboxylic acids is 1. The number of carboxylic acid groups (broad SMARTS) is 1. The van der Waals surface area contributed by atoms with Gasteiger partial charge in [-0.15, -0.1) is 0 Å². The fraction of sp³-hybridized carbons (Fsp3) is 0.273. The number of hydrogen-bond donors (Lipinski definition) is 1. The molecule has 1 heterocycles. The van der Waals surface area contributed by atoms with E-state index in [1.54, 1.807) is 6.92 Å². The molecule has 0 saturated heterocycles. The van der Waals surface area contributed by atoms with Crippen LogP contribution in [0.25, 0.3) is 0 Å². The average molecular weight is 222 g/mol. The lowest BCUT2D eigenvalue weighted by molar-refractivity contribution is -0.141. The summed E-state index contributed by atoms with van der Waals surface area (Å²) in [6.07, 6.45) is -0.0447. The molecule has 0 aliphatic heterocycles. The quantitative estimate of drug-likeness (QED) is 0.615. The molecule has 16 heavy (non-hydrogen) atoms. The summed E-state index contributed by atoms with van der Waals surface area (Å²) < 4.78 is 9.52. The van der Waals surface area contributed by atoms with Gasteiger partial charge < -0.3 is 14.3 Å². The first kappa shape index (κ1) is 11.9. The van der Waals surface area contributed by atoms with Gasteiger partial charge in [-0.25, -0.2) is 4.79 Å². The highest BCUT2D eigenvalue weighted by molar-refractivity contribution is 5.84. The van der Waals surface area contributed by atoms with Gasteiger partial charge in [-0.05, 0) is 25.0 Å². The van der Waals surface area contributed by atoms with Crippen molar-refractivity contribution in [2.45, 2.75) is 13.3 Å². The number of rotatable bonds is 3. The zero-order chi connectivity index (χ0) is 12.0. The third kappa shape index (κ3) is 3.50. The molecule has 0 aliphatic carbocycles. The first-order chi connectivity index (χ1) is 7.63. The minimum Gasteiger partial charge on any atom is -0.475 e. The van der Waals surface area contributed by atoms with E-state index in [1.807, 2.05) is 0 Å². The number of carboxylic acids is 1. The molecule has 0 bridgehead atoms. The Hall–Kier alpha value is -2.22. The summed E-state index contributed by atoms with van der Waals surface area (Å²) in [5.74, 6) is 3.51. The molecule has 84 valence electrons. The minimum absolute atomic E-state index is 0.0447. The summed E-state index contributed by atoms with van der Waals surface area (Å²) in [4.78, 5) is 21.4. The highest BCUT2D eigenvalue weighted by Gasteiger charge is 2.06. The lowest BCUT2D eigenvalue weighted by Crippen LogP contribution is -2.01. The monoisotopic (exact) mass is 222 g/mol. The van der Waals surface area contributed by atoms with Crippen LogP contribution < -0.4 is 0 Å². The smallest absolute Gasteiger partial charge is 0.371 e. The highest BCUT2D eigenvalue weighted by atomic mass is 16.5. The Morgan fingerprint density at radius 2 is 2.25 bits per heavy atom. The molecular weight excluding hydrogens is 212 g/mol. The molecule has 0 aliphatic rings. The number of carbonyl (C=O) groups is 2. The Balaban J connectivity index is 2.56. The van der Waals surface area contributed by atoms with Crippen molar-refractivity contribution >= 4 is 11.9 Å². The lowest BCUT2D eigenvalue weighted by Gasteiger charge is -1.94. The van der Waals surface area contributed by atoms with E-state index in [0.717, 1.165) is 0 Å². The van der Waals surface area contributed by atoms with Gasteiger partial charge in [0, 0.05) is 0 Å². The highest BCUT2D eigenvalue weighted by Crippen LogP contribution is 2.05. The zero-order valence-electron chi connectivity index (χ0n) is 8.65. The molecule has 1 aromatic rings. The van der Waals surface area contributed by atoms with E-state index in [1.165, 1.54) is 12.1 Å². The lowest BCUT2D eigenvalue weighted by atomic mass is 10.4. The maximum atomic E-state index is 10.9. The standard InChI is InChI=1S/C11H10O5/c1-2-15-10(12)5-3-4-8-6-7-9(16-8)11(13)14/h6-7H,2,5H2,1H3,(H,13,14). The van der Waals surface area contributed by atoms with Crippen LogP contribution in [0.2, 0.25) is 0 Å². The molecule has 1 N–H and O–H groups in total. The second-order valence-corrected chi connectivity index (χ2v) is 2.75. The van der Waals surface area contributed by atoms with E-state index in [9.17, 15) is 9.59 Å². The Morgan fingerprint density at radius 1 is 1.50 bits per heavy atom. The van der Waals surface area contributed by atoms with Crippen molar-refractivity contribution in [3.05, 3.63) is 23.7 Å². The van der Waals surface area contributed by atoms with Gasteiger partial charge in [-0.1, -0.05) is 5.92 Å². The molecule has 0 amide bonds. The molecule has 0 spiro atoms. The van der Waals surface area contributed by atoms with Gasteiger partial charge in [-0.2, -0.15) is 0 Å². The molecular formula is C11H10O5. The molecule has 1 rings (SSSR count). The van der Waals surface area contributed by atoms with Crippen LogP contribution in [-0.2, 0) is 9.53 Å². The van der Waals surface area contributed by atoms with E-state index in [0.29, 0.717) is 6.61 Å². The summed E-state index contributed by atoms with van der Waals surface area (Å²) in [7, 11) is 0. The largest absolute Gasteiger partial charge is 0.475 e. The maximum Gasteiger partial charge on any atom is 0.371 e. The van der Waals surface area contributed by atoms with E-state index in [-0.39, 0.29) is 17.9 Å². The fourth-order valence-corrected chi connectivity index (χ4v) is 0.936. The first-order valence-corrected chi connectivity index (χ1v) is 4.61. The van der Waals surface area contributed by atoms with Crippen LogP contribution in [0.5, 0.6) is 0 Å². The van der Waals surface area contributed by atoms with E-state index < -0.39 is 11.9 Å². The molecule has 0 radical (unpaired) electrons. The van der Waals surface area contributed by atoms with Gasteiger partial charge >= 0.3 is 11.9 Å². The summed E-state index contributed by atoms with van der Waals surface area (Å²) in [6, 6.07) is 2.73. The number of hydrogen-bond acceptors (Lipinski definition) is 4. The van der Waals surface area contributed by atoms with Gasteiger partial charge in [0.1, 0.15) is 6.42 Å². The van der Waals surface area contributed by atoms with Crippen LogP contribution in [0, 0.1) is 11.8 Å². The Morgan fingerprint density at radius 3 is 2.81 bits per heavy atom. The topological polar surface area (TPSA) is 76.7 Å². The molecule has 0 atom stereocenters. The number of aromatic carboxylic acids is 1. The predicted octanol–water partition coefficient (Wildman–Crippen LogP) is 1.28. The van der Waals surface area contributed by atoms with Crippen LogP contribution in [0.15, 0.2) is 16.5 Å². The van der Waals surface area contributed by atoms with Gasteiger partial charge in [0.25, 0.3) is 0 Å². The Bertz CT molecular complexity index is 446. The summed E-state index contributed by atoms with van der Waals surface area (Å²) >= 11 is 0. The van der Waals surface area contributed by atoms with Crippen LogP contribution in [0.3, 0.4) is 0 Å². The zero-order valence-corrected chi connectivity index (χ0v) is 8.65. The number of esters is 1. The summed E-state index contributed by atoms with van der Waals surface area (Å²) in [5, 5.41) is 8.57. The molecule has 0 fully saturated rings. The van der Waals surface area contributed by atoms with Crippen LogP contribution in [0.4, 0.5) is 0 Å². The third-order valence-electron chi connectivity index (χ3n) is 1.57. The molecule has 0 aromatic carbocycles.